The average Bonchev–Trinajstić information content (AvgIpc) is 3.06. The Balaban J connectivity index is 3.70. The van der Waals surface area contributed by atoms with Crippen LogP contribution in [0, 0.1) is 5.92 Å². The lowest BCUT2D eigenvalue weighted by molar-refractivity contribution is -0.137. The maximum Gasteiger partial charge on any atom is 0.245 e. The van der Waals surface area contributed by atoms with Gasteiger partial charge in [-0.1, -0.05) is 27.2 Å². The van der Waals surface area contributed by atoms with Crippen molar-refractivity contribution in [1.29, 1.82) is 0 Å². The number of aliphatic hydroxyl groups is 2. The van der Waals surface area contributed by atoms with Crippen molar-refractivity contribution in [2.45, 2.75) is 135 Å². The number of aliphatic hydroxyl groups excluding tert-OH is 2. The summed E-state index contributed by atoms with van der Waals surface area (Å²) in [4.78, 5) is 106. The fourth-order valence-corrected chi connectivity index (χ4v) is 5.49. The first-order valence-corrected chi connectivity index (χ1v) is 18.0. The Kier molecular flexibility index (Phi) is 20.5. The molecule has 0 aromatic rings. The van der Waals surface area contributed by atoms with Crippen LogP contribution < -0.4 is 54.0 Å². The molecule has 14 N–H and O–H groups in total. The van der Waals surface area contributed by atoms with Gasteiger partial charge in [-0.25, -0.2) is 0 Å². The maximum atomic E-state index is 13.6. The smallest absolute Gasteiger partial charge is 0.245 e. The SMILES string of the molecule is CCC[C@@H]1NC(=O)[C@H](C(C)O)NC(=O)[C@@H](CC(C)C)NC(=O)[C@H](CCN)NC(=O)[C@@H](NC(C)=O)CCNC(=O)[C@H](C(C)O)NC(=O)[C@H](CCN)NC1=O. The lowest BCUT2D eigenvalue weighted by Crippen LogP contribution is -2.62. The molecule has 1 saturated heterocycles. The van der Waals surface area contributed by atoms with Crippen molar-refractivity contribution in [2.24, 2.45) is 17.4 Å². The summed E-state index contributed by atoms with van der Waals surface area (Å²) in [6, 6.07) is -9.43. The fraction of sp³-hybridized carbons (Fsp3) is 0.758. The molecule has 1 aliphatic rings. The first-order chi connectivity index (χ1) is 24.9. The Morgan fingerprint density at radius 2 is 1.08 bits per heavy atom. The predicted molar refractivity (Wildman–Crippen MR) is 192 cm³/mol. The molecule has 0 saturated carbocycles. The molecule has 1 heterocycles. The van der Waals surface area contributed by atoms with Crippen LogP contribution in [-0.2, 0) is 38.4 Å². The van der Waals surface area contributed by atoms with Crippen molar-refractivity contribution in [1.82, 2.24) is 42.5 Å². The van der Waals surface area contributed by atoms with Gasteiger partial charge in [-0.3, -0.25) is 38.4 Å². The maximum absolute atomic E-state index is 13.6. The van der Waals surface area contributed by atoms with Gasteiger partial charge in [0.05, 0.1) is 12.2 Å². The van der Waals surface area contributed by atoms with Gasteiger partial charge in [0.25, 0.3) is 0 Å². The zero-order chi connectivity index (χ0) is 40.4. The van der Waals surface area contributed by atoms with Crippen LogP contribution in [0.5, 0.6) is 0 Å². The van der Waals surface area contributed by atoms with E-state index in [-0.39, 0.29) is 57.7 Å². The Labute approximate surface area is 309 Å². The summed E-state index contributed by atoms with van der Waals surface area (Å²) in [5.41, 5.74) is 11.4. The molecule has 0 radical (unpaired) electrons. The van der Waals surface area contributed by atoms with E-state index in [1.807, 2.05) is 0 Å². The van der Waals surface area contributed by atoms with E-state index in [0.29, 0.717) is 6.42 Å². The van der Waals surface area contributed by atoms with E-state index in [1.165, 1.54) is 13.8 Å². The van der Waals surface area contributed by atoms with Crippen LogP contribution >= 0.6 is 0 Å². The first-order valence-electron chi connectivity index (χ1n) is 18.0. The predicted octanol–water partition coefficient (Wildman–Crippen LogP) is -4.77. The third-order valence-corrected chi connectivity index (χ3v) is 8.28. The standard InChI is InChI=1S/C33H60N10O10/c1-7-8-20-27(47)39-22(10-13-35)30(50)42-25(17(4)44)32(52)36-14-11-23(37-19(6)46)29(49)38-21(9-12-34)28(48)41-24(15-16(2)3)31(51)43-26(18(5)45)33(53)40-20/h16-18,20-26,44-45H,7-15,34-35H2,1-6H3,(H,36,52)(H,37,46)(H,38,49)(H,39,47)(H,40,53)(H,41,48)(H,42,50)(H,43,51)/t17?,18?,20-,21-,22-,23-,24+,25-,26-/m0/s1. The number of nitrogens with one attached hydrogen (secondary N) is 8. The third kappa shape index (κ3) is 16.0. The lowest BCUT2D eigenvalue weighted by atomic mass is 10.0. The molecular formula is C33H60N10O10. The monoisotopic (exact) mass is 756 g/mol. The molecule has 53 heavy (non-hydrogen) atoms. The van der Waals surface area contributed by atoms with Gasteiger partial charge in [-0.05, 0) is 65.0 Å². The molecule has 2 unspecified atom stereocenters. The van der Waals surface area contributed by atoms with Gasteiger partial charge in [-0.15, -0.1) is 0 Å². The molecule has 0 aliphatic carbocycles. The summed E-state index contributed by atoms with van der Waals surface area (Å²) in [7, 11) is 0. The van der Waals surface area contributed by atoms with Crippen molar-refractivity contribution < 1.29 is 48.6 Å². The molecule has 9 atom stereocenters. The molecule has 1 fully saturated rings. The van der Waals surface area contributed by atoms with E-state index in [2.05, 4.69) is 42.5 Å². The Hall–Kier alpha value is -4.40. The quantitative estimate of drug-likeness (QED) is 0.0946. The second kappa shape index (κ2) is 23.3. The van der Waals surface area contributed by atoms with E-state index in [1.54, 1.807) is 20.8 Å². The van der Waals surface area contributed by atoms with Crippen LogP contribution in [-0.4, -0.2) is 132 Å². The van der Waals surface area contributed by atoms with Gasteiger partial charge in [-0.2, -0.15) is 0 Å². The number of carbonyl (C=O) groups excluding carboxylic acids is 8. The van der Waals surface area contributed by atoms with E-state index >= 15 is 0 Å². The minimum atomic E-state index is -1.59. The Morgan fingerprint density at radius 1 is 0.660 bits per heavy atom. The van der Waals surface area contributed by atoms with Crippen molar-refractivity contribution >= 4 is 47.3 Å². The highest BCUT2D eigenvalue weighted by Gasteiger charge is 2.36. The number of rotatable bonds is 11. The molecule has 20 nitrogen and oxygen atoms in total. The molecule has 1 aliphatic heterocycles. The third-order valence-electron chi connectivity index (χ3n) is 8.28. The Morgan fingerprint density at radius 3 is 1.53 bits per heavy atom. The molecule has 0 bridgehead atoms. The zero-order valence-corrected chi connectivity index (χ0v) is 31.5. The van der Waals surface area contributed by atoms with E-state index in [9.17, 15) is 48.6 Å². The molecule has 302 valence electrons. The van der Waals surface area contributed by atoms with Crippen LogP contribution in [0.2, 0.25) is 0 Å². The number of hydrogen-bond donors (Lipinski definition) is 12. The number of hydrogen-bond acceptors (Lipinski definition) is 12. The van der Waals surface area contributed by atoms with Crippen molar-refractivity contribution in [3.63, 3.8) is 0 Å². The second-order valence-electron chi connectivity index (χ2n) is 13.6. The summed E-state index contributed by atoms with van der Waals surface area (Å²) >= 11 is 0. The van der Waals surface area contributed by atoms with Gasteiger partial charge >= 0.3 is 0 Å². The molecule has 0 aromatic carbocycles. The molecule has 20 heteroatoms. The first kappa shape index (κ1) is 46.6. The van der Waals surface area contributed by atoms with Gasteiger partial charge in [0.15, 0.2) is 0 Å². The summed E-state index contributed by atoms with van der Waals surface area (Å²) < 4.78 is 0. The van der Waals surface area contributed by atoms with Gasteiger partial charge in [0, 0.05) is 13.5 Å². The van der Waals surface area contributed by atoms with Gasteiger partial charge in [0.2, 0.25) is 47.3 Å². The summed E-state index contributed by atoms with van der Waals surface area (Å²) in [5, 5.41) is 40.9. The lowest BCUT2D eigenvalue weighted by Gasteiger charge is -2.29. The van der Waals surface area contributed by atoms with Crippen molar-refractivity contribution in [2.75, 3.05) is 19.6 Å². The van der Waals surface area contributed by atoms with Crippen LogP contribution in [0.25, 0.3) is 0 Å². The highest BCUT2D eigenvalue weighted by atomic mass is 16.3. The average molecular weight is 757 g/mol. The van der Waals surface area contributed by atoms with Crippen molar-refractivity contribution in [3.8, 4) is 0 Å². The Bertz CT molecular complexity index is 1280. The number of amides is 8. The molecule has 1 rings (SSSR count). The molecule has 8 amide bonds. The van der Waals surface area contributed by atoms with E-state index < -0.39 is 102 Å². The van der Waals surface area contributed by atoms with Gasteiger partial charge in [0.1, 0.15) is 42.3 Å². The highest BCUT2D eigenvalue weighted by molar-refractivity contribution is 5.97. The fourth-order valence-electron chi connectivity index (χ4n) is 5.49. The van der Waals surface area contributed by atoms with Crippen LogP contribution in [0.3, 0.4) is 0 Å². The van der Waals surface area contributed by atoms with Crippen molar-refractivity contribution in [3.05, 3.63) is 0 Å². The summed E-state index contributed by atoms with van der Waals surface area (Å²) in [6.07, 6.45) is -2.66. The largest absolute Gasteiger partial charge is 0.391 e. The van der Waals surface area contributed by atoms with E-state index in [0.717, 1.165) is 6.92 Å². The summed E-state index contributed by atoms with van der Waals surface area (Å²) in [5.74, 6) is -6.62. The molecule has 0 aromatic heterocycles. The normalized spacial score (nSPS) is 27.5. The van der Waals surface area contributed by atoms with Crippen LogP contribution in [0.4, 0.5) is 0 Å². The number of nitrogens with two attached hydrogens (primary N) is 2. The summed E-state index contributed by atoms with van der Waals surface area (Å²) in [6.45, 7) is 8.61. The van der Waals surface area contributed by atoms with E-state index in [4.69, 9.17) is 11.5 Å². The molecule has 0 spiro atoms. The topological polar surface area (TPSA) is 325 Å². The van der Waals surface area contributed by atoms with Crippen LogP contribution in [0.15, 0.2) is 0 Å². The second-order valence-corrected chi connectivity index (χ2v) is 13.6. The number of carbonyl (C=O) groups is 8. The van der Waals surface area contributed by atoms with Crippen LogP contribution in [0.1, 0.15) is 80.1 Å². The minimum Gasteiger partial charge on any atom is -0.391 e. The minimum absolute atomic E-state index is 0.0599. The zero-order valence-electron chi connectivity index (χ0n) is 31.5. The highest BCUT2D eigenvalue weighted by Crippen LogP contribution is 2.09. The van der Waals surface area contributed by atoms with Gasteiger partial charge < -0.3 is 64.2 Å². The molecular weight excluding hydrogens is 696 g/mol.